The van der Waals surface area contributed by atoms with E-state index in [-0.39, 0.29) is 17.7 Å². The SMILES string of the molecule is CC(NC(=O)C1CCN(C(=O)C=Cc2ccc(-n3cccc3)c(Cl)c2Cl)CC1)C(=O)O. The summed E-state index contributed by atoms with van der Waals surface area (Å²) in [5.74, 6) is -1.85. The van der Waals surface area contributed by atoms with Crippen LogP contribution in [0, 0.1) is 5.92 Å². The number of carbonyl (C=O) groups excluding carboxylic acids is 2. The van der Waals surface area contributed by atoms with Gasteiger partial charge in [-0.1, -0.05) is 29.3 Å². The van der Waals surface area contributed by atoms with Crippen molar-refractivity contribution in [2.75, 3.05) is 13.1 Å². The van der Waals surface area contributed by atoms with Crippen molar-refractivity contribution in [3.05, 3.63) is 58.3 Å². The van der Waals surface area contributed by atoms with Gasteiger partial charge in [0.25, 0.3) is 0 Å². The van der Waals surface area contributed by atoms with Gasteiger partial charge in [-0.2, -0.15) is 0 Å². The molecular formula is C22H23Cl2N3O4. The molecule has 9 heteroatoms. The van der Waals surface area contributed by atoms with E-state index < -0.39 is 12.0 Å². The van der Waals surface area contributed by atoms with E-state index in [0.29, 0.717) is 41.5 Å². The van der Waals surface area contributed by atoms with Gasteiger partial charge in [0, 0.05) is 37.5 Å². The molecule has 2 N–H and O–H groups in total. The van der Waals surface area contributed by atoms with Gasteiger partial charge in [0.2, 0.25) is 11.8 Å². The third-order valence-corrected chi connectivity index (χ3v) is 6.17. The van der Waals surface area contributed by atoms with Crippen LogP contribution < -0.4 is 5.32 Å². The number of carbonyl (C=O) groups is 3. The topological polar surface area (TPSA) is 91.6 Å². The van der Waals surface area contributed by atoms with Gasteiger partial charge >= 0.3 is 5.97 Å². The molecule has 1 atom stereocenters. The zero-order valence-corrected chi connectivity index (χ0v) is 18.4. The van der Waals surface area contributed by atoms with Gasteiger partial charge in [-0.3, -0.25) is 14.4 Å². The van der Waals surface area contributed by atoms with Gasteiger partial charge < -0.3 is 19.9 Å². The molecular weight excluding hydrogens is 441 g/mol. The smallest absolute Gasteiger partial charge is 0.325 e. The number of nitrogens with one attached hydrogen (secondary N) is 1. The Bertz CT molecular complexity index is 996. The molecule has 1 fully saturated rings. The van der Waals surface area contributed by atoms with Crippen molar-refractivity contribution in [1.29, 1.82) is 0 Å². The van der Waals surface area contributed by atoms with Crippen LogP contribution in [0.2, 0.25) is 10.0 Å². The lowest BCUT2D eigenvalue weighted by atomic mass is 9.95. The summed E-state index contributed by atoms with van der Waals surface area (Å²) in [5, 5.41) is 12.1. The molecule has 164 valence electrons. The molecule has 0 bridgehead atoms. The van der Waals surface area contributed by atoms with Crippen molar-refractivity contribution in [3.63, 3.8) is 0 Å². The highest BCUT2D eigenvalue weighted by molar-refractivity contribution is 6.44. The van der Waals surface area contributed by atoms with Crippen LogP contribution in [0.15, 0.2) is 42.7 Å². The third-order valence-electron chi connectivity index (χ3n) is 5.29. The van der Waals surface area contributed by atoms with Crippen LogP contribution in [-0.4, -0.2) is 51.5 Å². The standard InChI is InChI=1S/C22H23Cl2N3O4/c1-14(22(30)31)25-21(29)16-8-12-27(13-9-16)18(28)7-5-15-4-6-17(20(24)19(15)23)26-10-2-3-11-26/h2-7,10-11,14,16H,8-9,12-13H2,1H3,(H,25,29)(H,30,31). The minimum atomic E-state index is -1.08. The third kappa shape index (κ3) is 5.48. The summed E-state index contributed by atoms with van der Waals surface area (Å²) >= 11 is 12.8. The number of likely N-dealkylation sites (tertiary alicyclic amines) is 1. The summed E-state index contributed by atoms with van der Waals surface area (Å²) in [6.45, 7) is 2.26. The molecule has 1 aliphatic heterocycles. The predicted octanol–water partition coefficient (Wildman–Crippen LogP) is 3.63. The van der Waals surface area contributed by atoms with Gasteiger partial charge in [-0.25, -0.2) is 0 Å². The van der Waals surface area contributed by atoms with Crippen molar-refractivity contribution in [2.24, 2.45) is 5.92 Å². The number of hydrogen-bond donors (Lipinski definition) is 2. The first kappa shape index (κ1) is 22.9. The number of rotatable bonds is 6. The fourth-order valence-electron chi connectivity index (χ4n) is 3.40. The summed E-state index contributed by atoms with van der Waals surface area (Å²) in [5.41, 5.74) is 1.38. The lowest BCUT2D eigenvalue weighted by Gasteiger charge is -2.31. The van der Waals surface area contributed by atoms with Crippen LogP contribution in [0.3, 0.4) is 0 Å². The Hall–Kier alpha value is -2.77. The van der Waals surface area contributed by atoms with Crippen molar-refractivity contribution < 1.29 is 19.5 Å². The maximum Gasteiger partial charge on any atom is 0.325 e. The fourth-order valence-corrected chi connectivity index (χ4v) is 3.89. The number of nitrogens with zero attached hydrogens (tertiary/aromatic N) is 2. The van der Waals surface area contributed by atoms with E-state index in [9.17, 15) is 14.4 Å². The molecule has 0 saturated carbocycles. The average molecular weight is 464 g/mol. The zero-order valence-electron chi connectivity index (χ0n) is 16.9. The minimum Gasteiger partial charge on any atom is -0.480 e. The van der Waals surface area contributed by atoms with E-state index >= 15 is 0 Å². The van der Waals surface area contributed by atoms with Crippen LogP contribution in [0.5, 0.6) is 0 Å². The number of carboxylic acids is 1. The Morgan fingerprint density at radius 2 is 1.77 bits per heavy atom. The molecule has 31 heavy (non-hydrogen) atoms. The van der Waals surface area contributed by atoms with E-state index in [0.717, 1.165) is 5.69 Å². The molecule has 1 saturated heterocycles. The Balaban J connectivity index is 1.58. The molecule has 0 aliphatic carbocycles. The van der Waals surface area contributed by atoms with Gasteiger partial charge in [-0.15, -0.1) is 0 Å². The Morgan fingerprint density at radius 1 is 1.13 bits per heavy atom. The van der Waals surface area contributed by atoms with Crippen molar-refractivity contribution in [2.45, 2.75) is 25.8 Å². The van der Waals surface area contributed by atoms with Crippen molar-refractivity contribution in [1.82, 2.24) is 14.8 Å². The highest BCUT2D eigenvalue weighted by atomic mass is 35.5. The molecule has 1 aromatic heterocycles. The minimum absolute atomic E-state index is 0.181. The Morgan fingerprint density at radius 3 is 2.39 bits per heavy atom. The first-order valence-corrected chi connectivity index (χ1v) is 10.6. The second-order valence-corrected chi connectivity index (χ2v) is 8.15. The average Bonchev–Trinajstić information content (AvgIpc) is 3.29. The number of aromatic nitrogens is 1. The first-order valence-electron chi connectivity index (χ1n) is 9.89. The lowest BCUT2D eigenvalue weighted by molar-refractivity contribution is -0.142. The van der Waals surface area contributed by atoms with Crippen LogP contribution in [-0.2, 0) is 14.4 Å². The molecule has 1 aromatic carbocycles. The highest BCUT2D eigenvalue weighted by Crippen LogP contribution is 2.32. The molecule has 0 radical (unpaired) electrons. The lowest BCUT2D eigenvalue weighted by Crippen LogP contribution is -2.46. The molecule has 2 aromatic rings. The number of benzene rings is 1. The maximum absolute atomic E-state index is 12.5. The zero-order chi connectivity index (χ0) is 22.5. The second kappa shape index (κ2) is 10.0. The van der Waals surface area contributed by atoms with Crippen LogP contribution in [0.25, 0.3) is 11.8 Å². The van der Waals surface area contributed by atoms with Crippen LogP contribution in [0.4, 0.5) is 0 Å². The van der Waals surface area contributed by atoms with E-state index in [1.807, 2.05) is 35.2 Å². The quantitative estimate of drug-likeness (QED) is 0.639. The number of piperidine rings is 1. The summed E-state index contributed by atoms with van der Waals surface area (Å²) < 4.78 is 1.85. The first-order chi connectivity index (χ1) is 14.8. The number of amides is 2. The monoisotopic (exact) mass is 463 g/mol. The number of aliphatic carboxylic acids is 1. The van der Waals surface area contributed by atoms with Gasteiger partial charge in [-0.05, 0) is 49.6 Å². The summed E-state index contributed by atoms with van der Waals surface area (Å²) in [6, 6.07) is 6.47. The molecule has 2 heterocycles. The molecule has 0 spiro atoms. The second-order valence-electron chi connectivity index (χ2n) is 7.39. The molecule has 7 nitrogen and oxygen atoms in total. The Labute approximate surface area is 190 Å². The van der Waals surface area contributed by atoms with Gasteiger partial charge in [0.15, 0.2) is 0 Å². The molecule has 2 amide bonds. The van der Waals surface area contributed by atoms with Crippen molar-refractivity contribution >= 4 is 47.1 Å². The number of halogens is 2. The maximum atomic E-state index is 12.5. The number of hydrogen-bond acceptors (Lipinski definition) is 3. The summed E-state index contributed by atoms with van der Waals surface area (Å²) in [7, 11) is 0. The largest absolute Gasteiger partial charge is 0.480 e. The Kier molecular flexibility index (Phi) is 7.41. The normalized spacial score (nSPS) is 15.8. The van der Waals surface area contributed by atoms with Crippen molar-refractivity contribution in [3.8, 4) is 5.69 Å². The molecule has 1 aliphatic rings. The predicted molar refractivity (Wildman–Crippen MR) is 119 cm³/mol. The highest BCUT2D eigenvalue weighted by Gasteiger charge is 2.28. The van der Waals surface area contributed by atoms with E-state index in [2.05, 4.69) is 5.32 Å². The van der Waals surface area contributed by atoms with E-state index in [4.69, 9.17) is 28.3 Å². The van der Waals surface area contributed by atoms with E-state index in [1.165, 1.54) is 13.0 Å². The van der Waals surface area contributed by atoms with Crippen LogP contribution in [0.1, 0.15) is 25.3 Å². The molecule has 3 rings (SSSR count). The van der Waals surface area contributed by atoms with Crippen LogP contribution >= 0.6 is 23.2 Å². The summed E-state index contributed by atoms with van der Waals surface area (Å²) in [6.07, 6.45) is 7.76. The fraction of sp³-hybridized carbons (Fsp3) is 0.318. The molecule has 1 unspecified atom stereocenters. The number of carboxylic acid groups (broad SMARTS) is 1. The summed E-state index contributed by atoms with van der Waals surface area (Å²) in [4.78, 5) is 37.2. The van der Waals surface area contributed by atoms with Gasteiger partial charge in [0.1, 0.15) is 6.04 Å². The van der Waals surface area contributed by atoms with E-state index in [1.54, 1.807) is 17.0 Å². The van der Waals surface area contributed by atoms with Gasteiger partial charge in [0.05, 0.1) is 15.7 Å².